The Labute approximate surface area is 94.1 Å². The molecular weight excluding hydrogens is 210 g/mol. The molecule has 1 aliphatic heterocycles. The van der Waals surface area contributed by atoms with Crippen molar-refractivity contribution in [2.45, 2.75) is 25.4 Å². The van der Waals surface area contributed by atoms with Crippen LogP contribution in [0.1, 0.15) is 12.8 Å². The highest BCUT2D eigenvalue weighted by molar-refractivity contribution is 7.99. The second-order valence-corrected chi connectivity index (χ2v) is 4.97. The summed E-state index contributed by atoms with van der Waals surface area (Å²) in [6.07, 6.45) is 6.25. The van der Waals surface area contributed by atoms with Crippen LogP contribution in [0.2, 0.25) is 0 Å². The minimum Gasteiger partial charge on any atom is -0.394 e. The van der Waals surface area contributed by atoms with Crippen LogP contribution in [-0.2, 0) is 6.54 Å². The zero-order valence-electron chi connectivity index (χ0n) is 8.72. The van der Waals surface area contributed by atoms with E-state index in [0.29, 0.717) is 12.6 Å². The van der Waals surface area contributed by atoms with Gasteiger partial charge in [-0.3, -0.25) is 4.68 Å². The fourth-order valence-electron chi connectivity index (χ4n) is 1.74. The number of aliphatic hydroxyl groups is 1. The van der Waals surface area contributed by atoms with E-state index in [4.69, 9.17) is 5.11 Å². The van der Waals surface area contributed by atoms with Crippen LogP contribution in [0.5, 0.6) is 0 Å². The van der Waals surface area contributed by atoms with Crippen molar-refractivity contribution in [2.24, 2.45) is 0 Å². The lowest BCUT2D eigenvalue weighted by atomic mass is 10.1. The Kier molecular flexibility index (Phi) is 3.91. The molecule has 2 rings (SSSR count). The molecule has 0 unspecified atom stereocenters. The standard InChI is InChI=1S/C10H17N3OS/c14-4-3-13-8-10(7-11-13)12-9-1-5-15-6-2-9/h7-9,12,14H,1-6H2. The SMILES string of the molecule is OCCn1cc(NC2CCSCC2)cn1. The molecule has 1 fully saturated rings. The van der Waals surface area contributed by atoms with Gasteiger partial charge in [-0.15, -0.1) is 0 Å². The fourth-order valence-corrected chi connectivity index (χ4v) is 2.85. The van der Waals surface area contributed by atoms with Gasteiger partial charge in [-0.25, -0.2) is 0 Å². The molecular formula is C10H17N3OS. The molecule has 1 aromatic rings. The topological polar surface area (TPSA) is 50.1 Å². The zero-order chi connectivity index (χ0) is 10.5. The Bertz CT molecular complexity index is 297. The number of anilines is 1. The maximum absolute atomic E-state index is 8.77. The van der Waals surface area contributed by atoms with Crippen LogP contribution in [-0.4, -0.2) is 39.0 Å². The highest BCUT2D eigenvalue weighted by Crippen LogP contribution is 2.20. The minimum atomic E-state index is 0.140. The van der Waals surface area contributed by atoms with E-state index < -0.39 is 0 Å². The lowest BCUT2D eigenvalue weighted by Crippen LogP contribution is -2.24. The van der Waals surface area contributed by atoms with Gasteiger partial charge in [0.2, 0.25) is 0 Å². The van der Waals surface area contributed by atoms with Crippen LogP contribution in [0.15, 0.2) is 12.4 Å². The maximum atomic E-state index is 8.77. The van der Waals surface area contributed by atoms with Gasteiger partial charge in [-0.05, 0) is 24.3 Å². The van der Waals surface area contributed by atoms with Gasteiger partial charge in [-0.2, -0.15) is 16.9 Å². The first-order valence-corrected chi connectivity index (χ1v) is 6.51. The van der Waals surface area contributed by atoms with Crippen molar-refractivity contribution in [3.8, 4) is 0 Å². The van der Waals surface area contributed by atoms with Crippen molar-refractivity contribution in [3.05, 3.63) is 12.4 Å². The van der Waals surface area contributed by atoms with Gasteiger partial charge in [0.05, 0.1) is 25.0 Å². The van der Waals surface area contributed by atoms with Crippen molar-refractivity contribution >= 4 is 17.4 Å². The first kappa shape index (κ1) is 10.8. The molecule has 0 bridgehead atoms. The molecule has 0 spiro atoms. The molecule has 0 saturated carbocycles. The first-order chi connectivity index (χ1) is 7.38. The molecule has 4 nitrogen and oxygen atoms in total. The number of nitrogens with zero attached hydrogens (tertiary/aromatic N) is 2. The number of hydrogen-bond donors (Lipinski definition) is 2. The predicted molar refractivity (Wildman–Crippen MR) is 63.3 cm³/mol. The number of aliphatic hydroxyl groups excluding tert-OH is 1. The number of nitrogens with one attached hydrogen (secondary N) is 1. The van der Waals surface area contributed by atoms with Crippen molar-refractivity contribution in [3.63, 3.8) is 0 Å². The van der Waals surface area contributed by atoms with Crippen LogP contribution < -0.4 is 5.32 Å². The Morgan fingerprint density at radius 1 is 1.53 bits per heavy atom. The summed E-state index contributed by atoms with van der Waals surface area (Å²) in [6.45, 7) is 0.712. The Morgan fingerprint density at radius 2 is 2.33 bits per heavy atom. The molecule has 2 N–H and O–H groups in total. The molecule has 0 atom stereocenters. The molecule has 0 amide bonds. The number of aromatic nitrogens is 2. The summed E-state index contributed by atoms with van der Waals surface area (Å²) >= 11 is 2.03. The van der Waals surface area contributed by atoms with Crippen LogP contribution in [0.4, 0.5) is 5.69 Å². The van der Waals surface area contributed by atoms with Gasteiger partial charge >= 0.3 is 0 Å². The summed E-state index contributed by atoms with van der Waals surface area (Å²) in [5.41, 5.74) is 1.07. The molecule has 0 aliphatic carbocycles. The lowest BCUT2D eigenvalue weighted by Gasteiger charge is -2.22. The maximum Gasteiger partial charge on any atom is 0.0728 e. The van der Waals surface area contributed by atoms with E-state index in [-0.39, 0.29) is 6.61 Å². The summed E-state index contributed by atoms with van der Waals surface area (Å²) in [6, 6.07) is 0.595. The second-order valence-electron chi connectivity index (χ2n) is 3.75. The van der Waals surface area contributed by atoms with E-state index in [1.165, 1.54) is 24.3 Å². The Morgan fingerprint density at radius 3 is 3.07 bits per heavy atom. The van der Waals surface area contributed by atoms with Crippen molar-refractivity contribution in [2.75, 3.05) is 23.4 Å². The highest BCUT2D eigenvalue weighted by atomic mass is 32.2. The van der Waals surface area contributed by atoms with Crippen LogP contribution in [0.25, 0.3) is 0 Å². The zero-order valence-corrected chi connectivity index (χ0v) is 9.54. The normalized spacial score (nSPS) is 17.9. The largest absolute Gasteiger partial charge is 0.394 e. The van der Waals surface area contributed by atoms with Crippen LogP contribution in [0.3, 0.4) is 0 Å². The first-order valence-electron chi connectivity index (χ1n) is 5.36. The van der Waals surface area contributed by atoms with E-state index in [1.807, 2.05) is 24.2 Å². The highest BCUT2D eigenvalue weighted by Gasteiger charge is 2.13. The van der Waals surface area contributed by atoms with Gasteiger partial charge in [0.1, 0.15) is 0 Å². The quantitative estimate of drug-likeness (QED) is 0.811. The molecule has 5 heteroatoms. The van der Waals surface area contributed by atoms with E-state index in [1.54, 1.807) is 4.68 Å². The minimum absolute atomic E-state index is 0.140. The van der Waals surface area contributed by atoms with Gasteiger partial charge in [0.15, 0.2) is 0 Å². The second kappa shape index (κ2) is 5.42. The molecule has 1 aromatic heterocycles. The fraction of sp³-hybridized carbons (Fsp3) is 0.700. The molecule has 2 heterocycles. The van der Waals surface area contributed by atoms with E-state index in [9.17, 15) is 0 Å². The summed E-state index contributed by atoms with van der Waals surface area (Å²) in [7, 11) is 0. The summed E-state index contributed by atoms with van der Waals surface area (Å²) in [5.74, 6) is 2.50. The molecule has 0 radical (unpaired) electrons. The smallest absolute Gasteiger partial charge is 0.0728 e. The van der Waals surface area contributed by atoms with Gasteiger partial charge in [-0.1, -0.05) is 0 Å². The molecule has 84 valence electrons. The average molecular weight is 227 g/mol. The van der Waals surface area contributed by atoms with E-state index >= 15 is 0 Å². The Hall–Kier alpha value is -0.680. The summed E-state index contributed by atoms with van der Waals surface area (Å²) in [5, 5.41) is 16.4. The van der Waals surface area contributed by atoms with E-state index in [0.717, 1.165) is 5.69 Å². The predicted octanol–water partition coefficient (Wildman–Crippen LogP) is 1.18. The average Bonchev–Trinajstić information content (AvgIpc) is 2.68. The molecule has 15 heavy (non-hydrogen) atoms. The van der Waals surface area contributed by atoms with Gasteiger partial charge in [0, 0.05) is 12.2 Å². The van der Waals surface area contributed by atoms with Crippen LogP contribution >= 0.6 is 11.8 Å². The molecule has 1 saturated heterocycles. The lowest BCUT2D eigenvalue weighted by molar-refractivity contribution is 0.269. The van der Waals surface area contributed by atoms with Crippen molar-refractivity contribution in [1.29, 1.82) is 0 Å². The van der Waals surface area contributed by atoms with E-state index in [2.05, 4.69) is 10.4 Å². The third kappa shape index (κ3) is 3.14. The number of hydrogen-bond acceptors (Lipinski definition) is 4. The monoisotopic (exact) mass is 227 g/mol. The van der Waals surface area contributed by atoms with Crippen LogP contribution in [0, 0.1) is 0 Å². The Balaban J connectivity index is 1.86. The third-order valence-corrected chi connectivity index (χ3v) is 3.60. The third-order valence-electron chi connectivity index (χ3n) is 2.55. The molecule has 0 aromatic carbocycles. The van der Waals surface area contributed by atoms with Gasteiger partial charge in [0.25, 0.3) is 0 Å². The molecule has 1 aliphatic rings. The summed E-state index contributed by atoms with van der Waals surface area (Å²) in [4.78, 5) is 0. The van der Waals surface area contributed by atoms with Crippen molar-refractivity contribution < 1.29 is 5.11 Å². The number of rotatable bonds is 4. The van der Waals surface area contributed by atoms with Gasteiger partial charge < -0.3 is 10.4 Å². The van der Waals surface area contributed by atoms with Crippen molar-refractivity contribution in [1.82, 2.24) is 9.78 Å². The number of thioether (sulfide) groups is 1. The summed E-state index contributed by atoms with van der Waals surface area (Å²) < 4.78 is 1.76.